The van der Waals surface area contributed by atoms with E-state index in [4.69, 9.17) is 9.84 Å². The Kier molecular flexibility index (Phi) is 10.2. The van der Waals surface area contributed by atoms with Crippen molar-refractivity contribution in [1.29, 1.82) is 0 Å². The van der Waals surface area contributed by atoms with Crippen LogP contribution in [-0.2, 0) is 17.8 Å². The van der Waals surface area contributed by atoms with Crippen molar-refractivity contribution in [3.05, 3.63) is 83.5 Å². The Morgan fingerprint density at radius 2 is 2.00 bits per heavy atom. The zero-order valence-electron chi connectivity index (χ0n) is 24.0. The lowest BCUT2D eigenvalue weighted by atomic mass is 9.92. The summed E-state index contributed by atoms with van der Waals surface area (Å²) in [7, 11) is 1.62. The monoisotopic (exact) mass is 561 g/mol. The molecule has 219 valence electrons. The normalized spacial score (nSPS) is 19.3. The van der Waals surface area contributed by atoms with Crippen molar-refractivity contribution in [1.82, 2.24) is 16.0 Å². The van der Waals surface area contributed by atoms with Crippen LogP contribution >= 0.6 is 0 Å². The van der Waals surface area contributed by atoms with Crippen molar-refractivity contribution in [2.24, 2.45) is 0 Å². The van der Waals surface area contributed by atoms with Crippen LogP contribution in [0.1, 0.15) is 49.3 Å². The van der Waals surface area contributed by atoms with Gasteiger partial charge in [-0.2, -0.15) is 0 Å². The van der Waals surface area contributed by atoms with Gasteiger partial charge in [-0.05, 0) is 74.1 Å². The minimum Gasteiger partial charge on any atom is -0.497 e. The molecule has 0 aromatic heterocycles. The van der Waals surface area contributed by atoms with Gasteiger partial charge in [-0.15, -0.1) is 0 Å². The Labute approximate surface area is 242 Å². The molecule has 9 nitrogen and oxygen atoms in total. The summed E-state index contributed by atoms with van der Waals surface area (Å²) in [6.45, 7) is 4.23. The lowest BCUT2D eigenvalue weighted by molar-refractivity contribution is -0.120. The van der Waals surface area contributed by atoms with E-state index in [0.717, 1.165) is 29.0 Å². The smallest absolute Gasteiger partial charge is 0.315 e. The number of carbonyl (C=O) groups excluding carboxylic acids is 2. The molecule has 9 heteroatoms. The number of carbonyl (C=O) groups is 2. The molecular weight excluding hydrogens is 520 g/mol. The zero-order chi connectivity index (χ0) is 29.4. The van der Waals surface area contributed by atoms with E-state index < -0.39 is 23.7 Å². The molecule has 41 heavy (non-hydrogen) atoms. The van der Waals surface area contributed by atoms with Gasteiger partial charge in [0.25, 0.3) is 0 Å². The Bertz CT molecular complexity index is 1260. The topological polar surface area (TPSA) is 123 Å². The van der Waals surface area contributed by atoms with E-state index in [1.807, 2.05) is 44.2 Å². The zero-order valence-corrected chi connectivity index (χ0v) is 24.0. The highest BCUT2D eigenvalue weighted by atomic mass is 16.5. The largest absolute Gasteiger partial charge is 0.497 e. The molecule has 3 amide bonds. The number of ether oxygens (including phenoxy) is 1. The number of β-amino-alcohol motifs (C(OH)–C–C–N with tert-alkyl or cyclic N) is 1. The first kappa shape index (κ1) is 30.3. The minimum absolute atomic E-state index is 0.176. The summed E-state index contributed by atoms with van der Waals surface area (Å²) in [6, 6.07) is 12.8. The number of allylic oxidation sites excluding steroid dienone is 4. The van der Waals surface area contributed by atoms with Gasteiger partial charge >= 0.3 is 6.03 Å². The molecule has 5 N–H and O–H groups in total. The molecule has 2 aliphatic rings. The highest BCUT2D eigenvalue weighted by Crippen LogP contribution is 2.32. The number of benzene rings is 2. The van der Waals surface area contributed by atoms with Gasteiger partial charge in [0.05, 0.1) is 26.4 Å². The first-order valence-electron chi connectivity index (χ1n) is 14.1. The molecule has 0 saturated carbocycles. The minimum atomic E-state index is -0.881. The number of aliphatic hydroxyl groups excluding tert-OH is 2. The first-order valence-corrected chi connectivity index (χ1v) is 14.1. The second kappa shape index (κ2) is 13.8. The van der Waals surface area contributed by atoms with Gasteiger partial charge in [-0.25, -0.2) is 4.79 Å². The third-order valence-electron chi connectivity index (χ3n) is 7.49. The number of methoxy groups -OCH3 is 1. The number of nitrogens with one attached hydrogen (secondary N) is 3. The van der Waals surface area contributed by atoms with Crippen molar-refractivity contribution in [3.8, 4) is 5.75 Å². The van der Waals surface area contributed by atoms with E-state index in [-0.39, 0.29) is 31.5 Å². The van der Waals surface area contributed by atoms with Gasteiger partial charge in [0.1, 0.15) is 11.8 Å². The molecule has 0 fully saturated rings. The molecule has 0 spiro atoms. The lowest BCUT2D eigenvalue weighted by Gasteiger charge is -2.29. The predicted molar refractivity (Wildman–Crippen MR) is 159 cm³/mol. The average Bonchev–Trinajstić information content (AvgIpc) is 3.11. The number of anilines is 1. The number of hydrogen-bond acceptors (Lipinski definition) is 6. The second-order valence-electron chi connectivity index (χ2n) is 11.2. The number of urea groups is 1. The van der Waals surface area contributed by atoms with E-state index in [2.05, 4.69) is 52.4 Å². The number of aryl methyl sites for hydroxylation is 1. The second-order valence-corrected chi connectivity index (χ2v) is 11.2. The van der Waals surface area contributed by atoms with E-state index in [1.165, 1.54) is 5.56 Å². The Morgan fingerprint density at radius 3 is 2.68 bits per heavy atom. The number of nitrogens with zero attached hydrogens (tertiary/aromatic N) is 1. The molecule has 2 aromatic rings. The van der Waals surface area contributed by atoms with Crippen molar-refractivity contribution in [2.75, 3.05) is 31.7 Å². The van der Waals surface area contributed by atoms with Crippen molar-refractivity contribution in [2.45, 2.75) is 63.3 Å². The summed E-state index contributed by atoms with van der Waals surface area (Å²) in [5.41, 5.74) is 3.43. The molecule has 0 bridgehead atoms. The standard InChI is InChI=1S/C32H41N4O5/c1-32(2,34-18-26(38)20-37)21-33-31(40)35-28-15-13-25-17-27(41-3)14-16-29(25)36(30(28)39)19-22-9-11-24(12-10-22)23-7-5-4-6-8-23/h4-6,9-12,14,16-17,23,26,28,34,37-38H,7,13,15,18-21H2,1-3H3,(H2,33,35,40)/t23?,26-,28+/m0/s1. The third kappa shape index (κ3) is 8.19. The van der Waals surface area contributed by atoms with Gasteiger partial charge in [-0.1, -0.05) is 42.5 Å². The Balaban J connectivity index is 1.47. The van der Waals surface area contributed by atoms with Gasteiger partial charge < -0.3 is 35.8 Å². The summed E-state index contributed by atoms with van der Waals surface area (Å²) < 4.78 is 5.44. The summed E-state index contributed by atoms with van der Waals surface area (Å²) in [5.74, 6) is 0.774. The number of aliphatic hydroxyl groups is 2. The van der Waals surface area contributed by atoms with Gasteiger partial charge in [0, 0.05) is 30.2 Å². The summed E-state index contributed by atoms with van der Waals surface area (Å²) in [6.07, 6.45) is 10.6. The van der Waals surface area contributed by atoms with E-state index in [1.54, 1.807) is 12.0 Å². The first-order chi connectivity index (χ1) is 19.7. The summed E-state index contributed by atoms with van der Waals surface area (Å²) >= 11 is 0. The molecule has 1 radical (unpaired) electrons. The maximum Gasteiger partial charge on any atom is 0.315 e. The average molecular weight is 562 g/mol. The van der Waals surface area contributed by atoms with Gasteiger partial charge in [0.2, 0.25) is 5.91 Å². The van der Waals surface area contributed by atoms with Crippen molar-refractivity contribution in [3.63, 3.8) is 0 Å². The molecule has 2 aromatic carbocycles. The van der Waals surface area contributed by atoms with Crippen LogP contribution in [0.5, 0.6) is 5.75 Å². The Morgan fingerprint density at radius 1 is 1.22 bits per heavy atom. The highest BCUT2D eigenvalue weighted by molar-refractivity contribution is 6.00. The fourth-order valence-electron chi connectivity index (χ4n) is 5.00. The maximum absolute atomic E-state index is 13.9. The highest BCUT2D eigenvalue weighted by Gasteiger charge is 2.32. The van der Waals surface area contributed by atoms with E-state index in [0.29, 0.717) is 19.4 Å². The van der Waals surface area contributed by atoms with Gasteiger partial charge in [-0.3, -0.25) is 4.79 Å². The van der Waals surface area contributed by atoms with E-state index >= 15 is 0 Å². The fourth-order valence-corrected chi connectivity index (χ4v) is 5.00. The van der Waals surface area contributed by atoms with Crippen LogP contribution in [0, 0.1) is 6.08 Å². The van der Waals surface area contributed by atoms with Crippen LogP contribution in [0.3, 0.4) is 0 Å². The number of amides is 3. The van der Waals surface area contributed by atoms with E-state index in [9.17, 15) is 14.7 Å². The molecule has 4 rings (SSSR count). The molecule has 1 aliphatic heterocycles. The molecular formula is C32H41N4O5. The third-order valence-corrected chi connectivity index (χ3v) is 7.49. The van der Waals surface area contributed by atoms with Crippen LogP contribution < -0.4 is 25.6 Å². The van der Waals surface area contributed by atoms with Crippen LogP contribution in [0.2, 0.25) is 0 Å². The fraction of sp³-hybridized carbons (Fsp3) is 0.438. The lowest BCUT2D eigenvalue weighted by Crippen LogP contribution is -2.55. The predicted octanol–water partition coefficient (Wildman–Crippen LogP) is 2.97. The van der Waals surface area contributed by atoms with Crippen LogP contribution in [0.25, 0.3) is 0 Å². The SMILES string of the molecule is COc1ccc2c(c1)CC[C@@H](NC(=O)NCC(C)(C)NC[C@H](O)CO)C(=O)N2Cc1ccc(C2[C]=CC=CC2)cc1. The molecule has 0 saturated heterocycles. The van der Waals surface area contributed by atoms with Gasteiger partial charge in [0.15, 0.2) is 0 Å². The molecule has 1 aliphatic carbocycles. The molecule has 1 heterocycles. The quantitative estimate of drug-likeness (QED) is 0.288. The summed E-state index contributed by atoms with van der Waals surface area (Å²) in [4.78, 5) is 28.5. The van der Waals surface area contributed by atoms with Crippen LogP contribution in [0.15, 0.2) is 60.7 Å². The van der Waals surface area contributed by atoms with Crippen molar-refractivity contribution >= 4 is 17.6 Å². The van der Waals surface area contributed by atoms with Crippen LogP contribution in [-0.4, -0.2) is 66.6 Å². The Hall–Kier alpha value is -3.66. The van der Waals surface area contributed by atoms with Crippen molar-refractivity contribution < 1.29 is 24.5 Å². The maximum atomic E-state index is 13.9. The number of hydrogen-bond donors (Lipinski definition) is 5. The summed E-state index contributed by atoms with van der Waals surface area (Å²) in [5, 5.41) is 27.5. The molecule has 3 atom stereocenters. The van der Waals surface area contributed by atoms with Crippen LogP contribution in [0.4, 0.5) is 10.5 Å². The molecule has 1 unspecified atom stereocenters. The number of rotatable bonds is 11. The number of fused-ring (bicyclic) bond motifs is 1.